The molecule has 130 valence electrons. The Labute approximate surface area is 132 Å². The number of alkyl halides is 3. The molecule has 2 atom stereocenters. The maximum Gasteiger partial charge on any atom is 0.422 e. The molecule has 5 nitrogen and oxygen atoms in total. The van der Waals surface area contributed by atoms with E-state index in [0.29, 0.717) is 13.0 Å². The van der Waals surface area contributed by atoms with Crippen LogP contribution in [0.4, 0.5) is 23.7 Å². The van der Waals surface area contributed by atoms with Crippen molar-refractivity contribution in [1.82, 2.24) is 5.32 Å². The van der Waals surface area contributed by atoms with Crippen LogP contribution in [-0.4, -0.2) is 36.6 Å². The van der Waals surface area contributed by atoms with Crippen molar-refractivity contribution in [3.05, 3.63) is 24.3 Å². The molecule has 0 aliphatic carbocycles. The predicted molar refractivity (Wildman–Crippen MR) is 80.5 cm³/mol. The Morgan fingerprint density at radius 3 is 2.57 bits per heavy atom. The highest BCUT2D eigenvalue weighted by atomic mass is 19.4. The molecule has 23 heavy (non-hydrogen) atoms. The normalized spacial score (nSPS) is 14.0. The van der Waals surface area contributed by atoms with Crippen LogP contribution in [0.25, 0.3) is 0 Å². The maximum atomic E-state index is 12.2. The zero-order valence-electron chi connectivity index (χ0n) is 13.0. The van der Waals surface area contributed by atoms with Gasteiger partial charge in [-0.25, -0.2) is 4.79 Å². The SMILES string of the molecule is C[C@@H](CNC(=O)Nc1ccccc1OCC(F)(F)F)C[C@@H](C)O. The van der Waals surface area contributed by atoms with E-state index in [2.05, 4.69) is 15.4 Å². The summed E-state index contributed by atoms with van der Waals surface area (Å²) in [5.41, 5.74) is 0.150. The number of hydrogen-bond donors (Lipinski definition) is 3. The first-order valence-electron chi connectivity index (χ1n) is 7.19. The Balaban J connectivity index is 2.54. The number of rotatable bonds is 7. The molecule has 0 unspecified atom stereocenters. The Morgan fingerprint density at radius 1 is 1.30 bits per heavy atom. The maximum absolute atomic E-state index is 12.2. The van der Waals surface area contributed by atoms with Gasteiger partial charge in [0.1, 0.15) is 5.75 Å². The number of benzene rings is 1. The summed E-state index contributed by atoms with van der Waals surface area (Å²) in [5, 5.41) is 14.3. The number of amides is 2. The van der Waals surface area contributed by atoms with E-state index < -0.39 is 24.9 Å². The van der Waals surface area contributed by atoms with Crippen LogP contribution in [0.5, 0.6) is 5.75 Å². The van der Waals surface area contributed by atoms with Gasteiger partial charge in [0.2, 0.25) is 0 Å². The molecule has 2 amide bonds. The Morgan fingerprint density at radius 2 is 1.96 bits per heavy atom. The van der Waals surface area contributed by atoms with Gasteiger partial charge in [-0.05, 0) is 31.4 Å². The average Bonchev–Trinajstić information content (AvgIpc) is 2.42. The van der Waals surface area contributed by atoms with E-state index >= 15 is 0 Å². The molecule has 1 rings (SSSR count). The van der Waals surface area contributed by atoms with Crippen LogP contribution in [0.1, 0.15) is 20.3 Å². The molecule has 1 aromatic rings. The van der Waals surface area contributed by atoms with Crippen molar-refractivity contribution in [3.63, 3.8) is 0 Å². The monoisotopic (exact) mass is 334 g/mol. The molecule has 0 aliphatic heterocycles. The topological polar surface area (TPSA) is 70.6 Å². The fourth-order valence-electron chi connectivity index (χ4n) is 1.95. The van der Waals surface area contributed by atoms with Gasteiger partial charge in [-0.1, -0.05) is 19.1 Å². The molecule has 0 spiro atoms. The molecule has 1 aromatic carbocycles. The van der Waals surface area contributed by atoms with Crippen LogP contribution in [0, 0.1) is 5.92 Å². The Kier molecular flexibility index (Phi) is 7.15. The molecule has 3 N–H and O–H groups in total. The lowest BCUT2D eigenvalue weighted by Crippen LogP contribution is -2.33. The Hall–Kier alpha value is -1.96. The summed E-state index contributed by atoms with van der Waals surface area (Å²) in [6.07, 6.45) is -4.39. The van der Waals surface area contributed by atoms with Gasteiger partial charge in [0.05, 0.1) is 11.8 Å². The van der Waals surface area contributed by atoms with Crippen LogP contribution in [0.15, 0.2) is 24.3 Å². The van der Waals surface area contributed by atoms with Crippen LogP contribution in [-0.2, 0) is 0 Å². The average molecular weight is 334 g/mol. The lowest BCUT2D eigenvalue weighted by Gasteiger charge is -2.16. The van der Waals surface area contributed by atoms with Gasteiger partial charge >= 0.3 is 12.2 Å². The number of ether oxygens (including phenoxy) is 1. The highest BCUT2D eigenvalue weighted by Gasteiger charge is 2.28. The molecule has 0 saturated carbocycles. The largest absolute Gasteiger partial charge is 0.482 e. The molecule has 0 saturated heterocycles. The van der Waals surface area contributed by atoms with Crippen LogP contribution >= 0.6 is 0 Å². The minimum atomic E-state index is -4.45. The van der Waals surface area contributed by atoms with Crippen LogP contribution < -0.4 is 15.4 Å². The van der Waals surface area contributed by atoms with E-state index in [-0.39, 0.29) is 17.4 Å². The third-order valence-corrected chi connectivity index (χ3v) is 2.88. The van der Waals surface area contributed by atoms with Crippen LogP contribution in [0.2, 0.25) is 0 Å². The smallest absolute Gasteiger partial charge is 0.422 e. The molecular weight excluding hydrogens is 313 g/mol. The highest BCUT2D eigenvalue weighted by molar-refractivity contribution is 5.90. The number of nitrogens with one attached hydrogen (secondary N) is 2. The van der Waals surface area contributed by atoms with Gasteiger partial charge in [-0.3, -0.25) is 0 Å². The van der Waals surface area contributed by atoms with Gasteiger partial charge in [0.15, 0.2) is 6.61 Å². The van der Waals surface area contributed by atoms with Crippen LogP contribution in [0.3, 0.4) is 0 Å². The number of carbonyl (C=O) groups excluding carboxylic acids is 1. The second-order valence-electron chi connectivity index (χ2n) is 5.42. The van der Waals surface area contributed by atoms with Crippen molar-refractivity contribution in [2.24, 2.45) is 5.92 Å². The number of halogens is 3. The summed E-state index contributed by atoms with van der Waals surface area (Å²) in [5.74, 6) is 0.00878. The second kappa shape index (κ2) is 8.61. The van der Waals surface area contributed by atoms with Crippen molar-refractivity contribution >= 4 is 11.7 Å². The van der Waals surface area contributed by atoms with Gasteiger partial charge in [0, 0.05) is 6.54 Å². The number of carbonyl (C=O) groups is 1. The quantitative estimate of drug-likeness (QED) is 0.717. The number of para-hydroxylation sites is 2. The predicted octanol–water partition coefficient (Wildman–Crippen LogP) is 3.16. The molecule has 0 heterocycles. The molecule has 0 aliphatic rings. The zero-order chi connectivity index (χ0) is 17.5. The fraction of sp³-hybridized carbons (Fsp3) is 0.533. The van der Waals surface area contributed by atoms with E-state index in [0.717, 1.165) is 0 Å². The standard InChI is InChI=1S/C15H21F3N2O3/c1-10(7-11(2)21)8-19-14(22)20-12-5-3-4-6-13(12)23-9-15(16,17)18/h3-6,10-11,21H,7-9H2,1-2H3,(H2,19,20,22)/t10-,11-/m1/s1. The van der Waals surface area contributed by atoms with Crippen molar-refractivity contribution in [3.8, 4) is 5.75 Å². The summed E-state index contributed by atoms with van der Waals surface area (Å²) in [6.45, 7) is 2.43. The second-order valence-corrected chi connectivity index (χ2v) is 5.42. The lowest BCUT2D eigenvalue weighted by atomic mass is 10.1. The molecular formula is C15H21F3N2O3. The Bertz CT molecular complexity index is 507. The molecule has 0 radical (unpaired) electrons. The van der Waals surface area contributed by atoms with Gasteiger partial charge in [-0.15, -0.1) is 0 Å². The molecule has 8 heteroatoms. The van der Waals surface area contributed by atoms with Gasteiger partial charge < -0.3 is 20.5 Å². The number of aliphatic hydroxyl groups is 1. The van der Waals surface area contributed by atoms with Gasteiger partial charge in [0.25, 0.3) is 0 Å². The fourth-order valence-corrected chi connectivity index (χ4v) is 1.95. The van der Waals surface area contributed by atoms with E-state index in [9.17, 15) is 23.1 Å². The van der Waals surface area contributed by atoms with Gasteiger partial charge in [-0.2, -0.15) is 13.2 Å². The minimum Gasteiger partial charge on any atom is -0.482 e. The number of hydrogen-bond acceptors (Lipinski definition) is 3. The van der Waals surface area contributed by atoms with Crippen molar-refractivity contribution in [2.75, 3.05) is 18.5 Å². The highest BCUT2D eigenvalue weighted by Crippen LogP contribution is 2.26. The van der Waals surface area contributed by atoms with E-state index in [4.69, 9.17) is 0 Å². The number of anilines is 1. The third-order valence-electron chi connectivity index (χ3n) is 2.88. The third kappa shape index (κ3) is 8.29. The molecule has 0 bridgehead atoms. The summed E-state index contributed by atoms with van der Waals surface area (Å²) in [6, 6.07) is 5.33. The first-order valence-corrected chi connectivity index (χ1v) is 7.19. The summed E-state index contributed by atoms with van der Waals surface area (Å²) >= 11 is 0. The van der Waals surface area contributed by atoms with E-state index in [1.807, 2.05) is 6.92 Å². The summed E-state index contributed by atoms with van der Waals surface area (Å²) < 4.78 is 41.3. The lowest BCUT2D eigenvalue weighted by molar-refractivity contribution is -0.153. The van der Waals surface area contributed by atoms with E-state index in [1.165, 1.54) is 18.2 Å². The summed E-state index contributed by atoms with van der Waals surface area (Å²) in [4.78, 5) is 11.8. The van der Waals surface area contributed by atoms with E-state index in [1.54, 1.807) is 13.0 Å². The summed E-state index contributed by atoms with van der Waals surface area (Å²) in [7, 11) is 0. The molecule has 0 fully saturated rings. The number of urea groups is 1. The first-order chi connectivity index (χ1) is 10.7. The van der Waals surface area contributed by atoms with Crippen molar-refractivity contribution in [1.29, 1.82) is 0 Å². The minimum absolute atomic E-state index is 0.0583. The number of aliphatic hydroxyl groups excluding tert-OH is 1. The van der Waals surface area contributed by atoms with Crippen molar-refractivity contribution in [2.45, 2.75) is 32.5 Å². The first kappa shape index (κ1) is 19.1. The van der Waals surface area contributed by atoms with Crippen molar-refractivity contribution < 1.29 is 27.8 Å². The zero-order valence-corrected chi connectivity index (χ0v) is 13.0. The molecule has 0 aromatic heterocycles.